The van der Waals surface area contributed by atoms with Crippen molar-refractivity contribution in [2.24, 2.45) is 5.92 Å². The molecule has 258 valence electrons. The van der Waals surface area contributed by atoms with Crippen molar-refractivity contribution in [3.8, 4) is 16.9 Å². The van der Waals surface area contributed by atoms with Gasteiger partial charge in [-0.3, -0.25) is 9.69 Å². The SMILES string of the molecule is COc1ccc([C@@H]2CC[C@@H](C(=O)O)C2)cc1-c1c(C)cc(N2CCC2)nc1CN1CO[C@H](c2cc(C(F)(F)F)cc(C(F)(F)F)c2)[C@@H]1C. The number of aromatic nitrogens is 1. The van der Waals surface area contributed by atoms with Crippen molar-refractivity contribution in [2.45, 2.75) is 76.5 Å². The van der Waals surface area contributed by atoms with Crippen molar-refractivity contribution in [3.05, 3.63) is 76.0 Å². The van der Waals surface area contributed by atoms with Crippen molar-refractivity contribution in [2.75, 3.05) is 31.8 Å². The Hall–Kier alpha value is -3.84. The quantitative estimate of drug-likeness (QED) is 0.241. The third kappa shape index (κ3) is 6.71. The van der Waals surface area contributed by atoms with Crippen LogP contribution in [0.25, 0.3) is 11.1 Å². The first kappa shape index (κ1) is 34.0. The van der Waals surface area contributed by atoms with Crippen LogP contribution < -0.4 is 9.64 Å². The number of aliphatic carboxylic acids is 1. The third-order valence-electron chi connectivity index (χ3n) is 9.93. The molecule has 1 N–H and O–H groups in total. The van der Waals surface area contributed by atoms with E-state index in [1.54, 1.807) is 14.0 Å². The molecule has 3 heterocycles. The number of rotatable bonds is 8. The summed E-state index contributed by atoms with van der Waals surface area (Å²) in [6.07, 6.45) is -8.06. The van der Waals surface area contributed by atoms with Gasteiger partial charge >= 0.3 is 18.3 Å². The van der Waals surface area contributed by atoms with Crippen LogP contribution in [0.4, 0.5) is 32.2 Å². The van der Waals surface area contributed by atoms with E-state index in [-0.39, 0.29) is 30.8 Å². The van der Waals surface area contributed by atoms with Gasteiger partial charge in [0.25, 0.3) is 0 Å². The number of carbonyl (C=O) groups is 1. The molecule has 13 heteroatoms. The average Bonchev–Trinajstić information content (AvgIpc) is 3.62. The second-order valence-corrected chi connectivity index (χ2v) is 13.0. The molecule has 3 aliphatic rings. The first-order chi connectivity index (χ1) is 22.6. The molecule has 2 aromatic carbocycles. The summed E-state index contributed by atoms with van der Waals surface area (Å²) in [6.45, 7) is 5.56. The maximum Gasteiger partial charge on any atom is 0.416 e. The van der Waals surface area contributed by atoms with Gasteiger partial charge in [0.1, 0.15) is 18.3 Å². The monoisotopic (exact) mass is 677 g/mol. The number of methoxy groups -OCH3 is 1. The van der Waals surface area contributed by atoms with E-state index in [1.807, 2.05) is 36.1 Å². The van der Waals surface area contributed by atoms with E-state index in [0.29, 0.717) is 24.3 Å². The molecule has 0 bridgehead atoms. The maximum atomic E-state index is 13.6. The number of alkyl halides is 6. The van der Waals surface area contributed by atoms with Gasteiger partial charge in [0.2, 0.25) is 0 Å². The van der Waals surface area contributed by atoms with Gasteiger partial charge in [-0.2, -0.15) is 26.3 Å². The number of hydrogen-bond donors (Lipinski definition) is 1. The molecule has 0 unspecified atom stereocenters. The number of nitrogens with zero attached hydrogens (tertiary/aromatic N) is 3. The summed E-state index contributed by atoms with van der Waals surface area (Å²) >= 11 is 0. The number of hydrogen-bond acceptors (Lipinski definition) is 6. The third-order valence-corrected chi connectivity index (χ3v) is 9.93. The van der Waals surface area contributed by atoms with Gasteiger partial charge in [-0.1, -0.05) is 6.07 Å². The molecular weight excluding hydrogens is 640 g/mol. The zero-order valence-electron chi connectivity index (χ0n) is 26.8. The Balaban J connectivity index is 1.37. The Kier molecular flexibility index (Phi) is 9.14. The number of halogens is 6. The molecular formula is C35H37F6N3O4. The summed E-state index contributed by atoms with van der Waals surface area (Å²) in [5.74, 6) is 0.250. The first-order valence-electron chi connectivity index (χ1n) is 16.0. The topological polar surface area (TPSA) is 75.1 Å². The van der Waals surface area contributed by atoms with Crippen molar-refractivity contribution >= 4 is 11.8 Å². The van der Waals surface area contributed by atoms with Crippen LogP contribution in [-0.4, -0.2) is 53.9 Å². The second kappa shape index (κ2) is 12.9. The van der Waals surface area contributed by atoms with Crippen molar-refractivity contribution in [3.63, 3.8) is 0 Å². The predicted octanol–water partition coefficient (Wildman–Crippen LogP) is 8.20. The fourth-order valence-electron chi connectivity index (χ4n) is 7.12. The number of aryl methyl sites for hydroxylation is 1. The zero-order chi connectivity index (χ0) is 34.5. The molecule has 48 heavy (non-hydrogen) atoms. The molecule has 3 aromatic rings. The van der Waals surface area contributed by atoms with E-state index >= 15 is 0 Å². The highest BCUT2D eigenvalue weighted by Crippen LogP contribution is 2.45. The molecule has 1 aromatic heterocycles. The zero-order valence-corrected chi connectivity index (χ0v) is 26.8. The van der Waals surface area contributed by atoms with Crippen molar-refractivity contribution in [1.29, 1.82) is 0 Å². The molecule has 0 radical (unpaired) electrons. The predicted molar refractivity (Wildman–Crippen MR) is 166 cm³/mol. The molecule has 3 fully saturated rings. The van der Waals surface area contributed by atoms with Gasteiger partial charge in [-0.15, -0.1) is 0 Å². The average molecular weight is 678 g/mol. The molecule has 6 rings (SSSR count). The first-order valence-corrected chi connectivity index (χ1v) is 16.0. The number of carboxylic acids is 1. The Bertz CT molecular complexity index is 1660. The molecule has 1 aliphatic carbocycles. The summed E-state index contributed by atoms with van der Waals surface area (Å²) in [7, 11) is 1.57. The summed E-state index contributed by atoms with van der Waals surface area (Å²) in [5.41, 5.74) is 1.20. The van der Waals surface area contributed by atoms with Crippen LogP contribution in [-0.2, 0) is 28.4 Å². The minimum Gasteiger partial charge on any atom is -0.496 e. The molecule has 2 aliphatic heterocycles. The van der Waals surface area contributed by atoms with E-state index in [2.05, 4.69) is 4.90 Å². The van der Waals surface area contributed by atoms with Gasteiger partial charge in [0, 0.05) is 36.8 Å². The summed E-state index contributed by atoms with van der Waals surface area (Å²) < 4.78 is 93.5. The van der Waals surface area contributed by atoms with Gasteiger partial charge in [-0.05, 0) is 98.5 Å². The molecule has 4 atom stereocenters. The Morgan fingerprint density at radius 3 is 2.25 bits per heavy atom. The van der Waals surface area contributed by atoms with Crippen LogP contribution in [0, 0.1) is 12.8 Å². The Morgan fingerprint density at radius 1 is 1.00 bits per heavy atom. The highest BCUT2D eigenvalue weighted by atomic mass is 19.4. The van der Waals surface area contributed by atoms with Crippen molar-refractivity contribution in [1.82, 2.24) is 9.88 Å². The fourth-order valence-corrected chi connectivity index (χ4v) is 7.12. The highest BCUT2D eigenvalue weighted by Gasteiger charge is 2.41. The van der Waals surface area contributed by atoms with Gasteiger partial charge in [0.05, 0.1) is 36.0 Å². The van der Waals surface area contributed by atoms with Crippen LogP contribution in [0.15, 0.2) is 42.5 Å². The normalized spacial score (nSPS) is 23.4. The number of benzene rings is 2. The van der Waals surface area contributed by atoms with E-state index in [4.69, 9.17) is 14.5 Å². The lowest BCUT2D eigenvalue weighted by atomic mass is 9.90. The van der Waals surface area contributed by atoms with Gasteiger partial charge < -0.3 is 19.5 Å². The number of carboxylic acid groups (broad SMARTS) is 1. The minimum absolute atomic E-state index is 0.0344. The van der Waals surface area contributed by atoms with E-state index in [1.165, 1.54) is 0 Å². The molecule has 0 amide bonds. The van der Waals surface area contributed by atoms with Crippen LogP contribution in [0.5, 0.6) is 5.75 Å². The summed E-state index contributed by atoms with van der Waals surface area (Å²) in [6, 6.07) is 8.85. The Labute approximate surface area is 274 Å². The number of anilines is 1. The van der Waals surface area contributed by atoms with Crippen LogP contribution in [0.3, 0.4) is 0 Å². The molecule has 2 saturated heterocycles. The minimum atomic E-state index is -4.97. The lowest BCUT2D eigenvalue weighted by Gasteiger charge is -2.33. The lowest BCUT2D eigenvalue weighted by molar-refractivity contribution is -0.143. The van der Waals surface area contributed by atoms with Gasteiger partial charge in [-0.25, -0.2) is 4.98 Å². The molecule has 1 saturated carbocycles. The van der Waals surface area contributed by atoms with E-state index < -0.39 is 47.5 Å². The standard InChI is InChI=1S/C35H37F6N3O4/c1-19-11-30(43-9-4-10-43)42-28(31(19)27-15-22(7-8-29(27)47-3)21-5-6-23(12-21)33(45)46)17-44-18-48-32(20(44)2)24-13-25(34(36,37)38)16-26(14-24)35(39,40)41/h7-8,11,13-16,20-21,23,32H,4-6,9-10,12,17-18H2,1-3H3,(H,45,46)/t20-,21+,23+,32-/m0/s1. The van der Waals surface area contributed by atoms with Crippen molar-refractivity contribution < 1.29 is 45.7 Å². The largest absolute Gasteiger partial charge is 0.496 e. The Morgan fingerprint density at radius 2 is 1.69 bits per heavy atom. The fraction of sp³-hybridized carbons (Fsp3) is 0.486. The van der Waals surface area contributed by atoms with Gasteiger partial charge in [0.15, 0.2) is 0 Å². The summed E-state index contributed by atoms with van der Waals surface area (Å²) in [4.78, 5) is 20.7. The van der Waals surface area contributed by atoms with Crippen LogP contribution >= 0.6 is 0 Å². The highest BCUT2D eigenvalue weighted by molar-refractivity contribution is 5.77. The molecule has 0 spiro atoms. The number of pyridine rings is 1. The number of ether oxygens (including phenoxy) is 2. The maximum absolute atomic E-state index is 13.6. The van der Waals surface area contributed by atoms with E-state index in [9.17, 15) is 36.2 Å². The summed E-state index contributed by atoms with van der Waals surface area (Å²) in [5, 5.41) is 9.56. The smallest absolute Gasteiger partial charge is 0.416 e. The van der Waals surface area contributed by atoms with E-state index in [0.717, 1.165) is 66.1 Å². The molecule has 7 nitrogen and oxygen atoms in total. The van der Waals surface area contributed by atoms with Crippen LogP contribution in [0.1, 0.15) is 78.1 Å². The second-order valence-electron chi connectivity index (χ2n) is 13.0. The van der Waals surface area contributed by atoms with Crippen LogP contribution in [0.2, 0.25) is 0 Å². The lowest BCUT2D eigenvalue weighted by Crippen LogP contribution is -2.38.